The molecule has 5 aromatic carbocycles. The van der Waals surface area contributed by atoms with Gasteiger partial charge in [0.1, 0.15) is 17.8 Å². The highest BCUT2D eigenvalue weighted by Crippen LogP contribution is 2.14. The first kappa shape index (κ1) is 57.6. The van der Waals surface area contributed by atoms with E-state index in [0.717, 1.165) is 35.5 Å². The number of carboxylic acid groups (broad SMARTS) is 2. The number of aromatic carboxylic acids is 2. The zero-order valence-electron chi connectivity index (χ0n) is 38.8. The quantitative estimate of drug-likeness (QED) is 0.0224. The second kappa shape index (κ2) is 34.9. The predicted octanol–water partition coefficient (Wildman–Crippen LogP) is 14.0. The van der Waals surface area contributed by atoms with Crippen LogP contribution < -0.4 is 4.74 Å². The summed E-state index contributed by atoms with van der Waals surface area (Å²) in [5, 5.41) is 27.3. The van der Waals surface area contributed by atoms with Crippen molar-refractivity contribution in [1.82, 2.24) is 0 Å². The molecule has 0 aromatic heterocycles. The molecule has 0 bridgehead atoms. The number of phenolic OH excluding ortho intramolecular Hbond substituents is 1. The van der Waals surface area contributed by atoms with Gasteiger partial charge in [0.15, 0.2) is 17.3 Å². The SMILES string of the molecule is CC(=O)c1ccc(O)cc1.CCCCCCCBr.CCCCCCCOc1ccc(C(C)=O)cc1.Cc1ccc(C(=O)/C=C/c2ccc(C(=O)O)cc2)cc1.O=Cc1ccc(C(=O)O)cc1. The van der Waals surface area contributed by atoms with Gasteiger partial charge in [0.05, 0.1) is 17.7 Å². The van der Waals surface area contributed by atoms with Gasteiger partial charge < -0.3 is 20.1 Å². The molecule has 5 aromatic rings. The van der Waals surface area contributed by atoms with E-state index in [0.29, 0.717) is 23.0 Å². The predicted molar refractivity (Wildman–Crippen MR) is 268 cm³/mol. The Balaban J connectivity index is 0.000000430. The number of unbranched alkanes of at least 4 members (excludes halogenated alkanes) is 8. The number of ether oxygens (including phenoxy) is 1. The van der Waals surface area contributed by atoms with Crippen molar-refractivity contribution in [3.63, 3.8) is 0 Å². The molecule has 0 aliphatic heterocycles. The van der Waals surface area contributed by atoms with Crippen LogP contribution in [0.1, 0.15) is 165 Å². The van der Waals surface area contributed by atoms with Crippen molar-refractivity contribution >= 4 is 57.6 Å². The minimum Gasteiger partial charge on any atom is -0.508 e. The molecule has 5 rings (SSSR count). The average Bonchev–Trinajstić information content (AvgIpc) is 3.32. The Labute approximate surface area is 398 Å². The summed E-state index contributed by atoms with van der Waals surface area (Å²) in [6.45, 7) is 10.3. The summed E-state index contributed by atoms with van der Waals surface area (Å²) in [6.07, 6.45) is 17.0. The first-order valence-corrected chi connectivity index (χ1v) is 23.3. The Morgan fingerprint density at radius 3 is 1.36 bits per heavy atom. The topological polar surface area (TPSA) is 172 Å². The third kappa shape index (κ3) is 26.4. The number of halogens is 1. The maximum Gasteiger partial charge on any atom is 0.335 e. The number of allylic oxidation sites excluding steroid dienone is 1. The summed E-state index contributed by atoms with van der Waals surface area (Å²) in [5.41, 5.74) is 4.79. The number of carbonyl (C=O) groups excluding carboxylic acids is 4. The van der Waals surface area contributed by atoms with Gasteiger partial charge in [-0.05, 0) is 118 Å². The molecule has 0 radical (unpaired) electrons. The van der Waals surface area contributed by atoms with Crippen LogP contribution in [0.3, 0.4) is 0 Å². The second-order valence-corrected chi connectivity index (χ2v) is 15.9. The first-order valence-electron chi connectivity index (χ1n) is 22.2. The van der Waals surface area contributed by atoms with Crippen molar-refractivity contribution in [3.05, 3.63) is 172 Å². The minimum atomic E-state index is -0.984. The molecule has 0 saturated carbocycles. The summed E-state index contributed by atoms with van der Waals surface area (Å²) in [6, 6.07) is 33.0. The zero-order valence-corrected chi connectivity index (χ0v) is 40.4. The molecule has 0 unspecified atom stereocenters. The van der Waals surface area contributed by atoms with Crippen molar-refractivity contribution in [1.29, 1.82) is 0 Å². The van der Waals surface area contributed by atoms with Crippen LogP contribution in [0.5, 0.6) is 11.5 Å². The van der Waals surface area contributed by atoms with Crippen molar-refractivity contribution in [2.24, 2.45) is 0 Å². The lowest BCUT2D eigenvalue weighted by Gasteiger charge is -2.06. The number of hydrogen-bond acceptors (Lipinski definition) is 8. The third-order valence-corrected chi connectivity index (χ3v) is 10.1. The molecule has 0 saturated heterocycles. The maximum absolute atomic E-state index is 11.9. The monoisotopic (exact) mass is 964 g/mol. The Bertz CT molecular complexity index is 2190. The van der Waals surface area contributed by atoms with Gasteiger partial charge in [-0.25, -0.2) is 9.59 Å². The molecule has 0 aliphatic carbocycles. The Morgan fingerprint density at radius 1 is 0.530 bits per heavy atom. The lowest BCUT2D eigenvalue weighted by Crippen LogP contribution is -1.98. The third-order valence-electron chi connectivity index (χ3n) is 9.50. The van der Waals surface area contributed by atoms with Crippen LogP contribution in [0.2, 0.25) is 0 Å². The van der Waals surface area contributed by atoms with Crippen LogP contribution in [-0.2, 0) is 0 Å². The molecule has 11 heteroatoms. The van der Waals surface area contributed by atoms with Gasteiger partial charge in [-0.2, -0.15) is 0 Å². The second-order valence-electron chi connectivity index (χ2n) is 15.1. The number of ketones is 3. The minimum absolute atomic E-state index is 0.0139. The summed E-state index contributed by atoms with van der Waals surface area (Å²) >= 11 is 3.40. The van der Waals surface area contributed by atoms with Crippen LogP contribution in [-0.4, -0.2) is 62.8 Å². The van der Waals surface area contributed by atoms with Gasteiger partial charge in [-0.1, -0.05) is 141 Å². The van der Waals surface area contributed by atoms with E-state index in [1.165, 1.54) is 125 Å². The fourth-order valence-electron chi connectivity index (χ4n) is 5.50. The van der Waals surface area contributed by atoms with Crippen LogP contribution in [0.15, 0.2) is 127 Å². The highest BCUT2D eigenvalue weighted by Gasteiger charge is 2.04. The summed E-state index contributed by atoms with van der Waals surface area (Å²) in [4.78, 5) is 64.8. The fraction of sp³-hybridized carbons (Fsp3) is 0.309. The van der Waals surface area contributed by atoms with E-state index in [4.69, 9.17) is 20.1 Å². The van der Waals surface area contributed by atoms with Crippen LogP contribution in [0.25, 0.3) is 6.08 Å². The molecule has 0 heterocycles. The van der Waals surface area contributed by atoms with Crippen molar-refractivity contribution < 1.29 is 48.8 Å². The number of Topliss-reactive ketones (excluding diaryl/α,β-unsaturated/α-hetero) is 2. The molecule has 10 nitrogen and oxygen atoms in total. The molecule has 3 N–H and O–H groups in total. The molecule has 352 valence electrons. The smallest absolute Gasteiger partial charge is 0.335 e. The van der Waals surface area contributed by atoms with E-state index >= 15 is 0 Å². The van der Waals surface area contributed by atoms with E-state index in [2.05, 4.69) is 29.8 Å². The number of carbonyl (C=O) groups is 6. The number of phenols is 1. The van der Waals surface area contributed by atoms with Gasteiger partial charge in [0.2, 0.25) is 0 Å². The number of rotatable bonds is 20. The molecule has 0 atom stereocenters. The van der Waals surface area contributed by atoms with E-state index in [9.17, 15) is 28.8 Å². The molecule has 0 amide bonds. The zero-order chi connectivity index (χ0) is 49.1. The van der Waals surface area contributed by atoms with Gasteiger partial charge >= 0.3 is 11.9 Å². The Hall–Kier alpha value is -6.46. The molecule has 0 spiro atoms. The maximum atomic E-state index is 11.9. The molecular weight excluding hydrogens is 900 g/mol. The largest absolute Gasteiger partial charge is 0.508 e. The Morgan fingerprint density at radius 2 is 0.939 bits per heavy atom. The lowest BCUT2D eigenvalue weighted by molar-refractivity contribution is 0.0686. The number of aldehydes is 1. The molecule has 0 fully saturated rings. The highest BCUT2D eigenvalue weighted by atomic mass is 79.9. The van der Waals surface area contributed by atoms with E-state index in [1.54, 1.807) is 49.4 Å². The summed E-state index contributed by atoms with van der Waals surface area (Å²) in [7, 11) is 0. The van der Waals surface area contributed by atoms with Crippen molar-refractivity contribution in [2.75, 3.05) is 11.9 Å². The van der Waals surface area contributed by atoms with Crippen LogP contribution in [0, 0.1) is 6.92 Å². The van der Waals surface area contributed by atoms with Crippen molar-refractivity contribution in [3.8, 4) is 11.5 Å². The van der Waals surface area contributed by atoms with Gasteiger partial charge in [-0.3, -0.25) is 19.2 Å². The number of carboxylic acids is 2. The van der Waals surface area contributed by atoms with Crippen molar-refractivity contribution in [2.45, 2.75) is 98.8 Å². The van der Waals surface area contributed by atoms with Gasteiger partial charge in [0, 0.05) is 27.6 Å². The number of benzene rings is 5. The molecule has 66 heavy (non-hydrogen) atoms. The van der Waals surface area contributed by atoms with Crippen LogP contribution >= 0.6 is 15.9 Å². The Kier molecular flexibility index (Phi) is 30.4. The fourth-order valence-corrected chi connectivity index (χ4v) is 5.90. The van der Waals surface area contributed by atoms with E-state index in [-0.39, 0.29) is 34.2 Å². The summed E-state index contributed by atoms with van der Waals surface area (Å²) < 4.78 is 5.61. The number of alkyl halides is 1. The van der Waals surface area contributed by atoms with Crippen LogP contribution in [0.4, 0.5) is 0 Å². The van der Waals surface area contributed by atoms with E-state index < -0.39 is 11.9 Å². The lowest BCUT2D eigenvalue weighted by atomic mass is 10.1. The molecule has 0 aliphatic rings. The number of hydrogen-bond donors (Lipinski definition) is 3. The van der Waals surface area contributed by atoms with Gasteiger partial charge in [0.25, 0.3) is 0 Å². The summed E-state index contributed by atoms with van der Waals surface area (Å²) in [5.74, 6) is -0.877. The number of aromatic hydroxyl groups is 1. The average molecular weight is 966 g/mol. The standard InChI is InChI=1S/C17H14O3.C15H22O2.C8H6O3.C8H8O2.C7H15Br/c1-12-2-7-14(8-3-12)16(18)11-6-13-4-9-15(10-5-13)17(19)20;1-3-4-5-6-7-12-17-15-10-8-14(9-11-15)13(2)16;9-5-6-1-3-7(4-2-6)8(10)11;1-6(9)7-2-4-8(10)5-3-7;1-2-3-4-5-6-7-8/h2-11H,1H3,(H,19,20);8-11H,3-7,12H2,1-2H3;1-5H,(H,10,11);2-5,10H,1H3;2-7H2,1H3/b11-6+;;;;. The van der Waals surface area contributed by atoms with E-state index in [1.807, 2.05) is 43.3 Å². The first-order chi connectivity index (χ1) is 31.6. The number of aryl methyl sites for hydroxylation is 1. The van der Waals surface area contributed by atoms with Gasteiger partial charge in [-0.15, -0.1) is 0 Å². The highest BCUT2D eigenvalue weighted by molar-refractivity contribution is 9.09. The molecular formula is C55H65BrO10. The normalized spacial score (nSPS) is 9.97.